The highest BCUT2D eigenvalue weighted by atomic mass is 16.6. The average molecular weight is 469 g/mol. The van der Waals surface area contributed by atoms with Crippen LogP contribution in [0.2, 0.25) is 0 Å². The number of nitrogens with one attached hydrogen (secondary N) is 1. The van der Waals surface area contributed by atoms with Crippen LogP contribution in [0.1, 0.15) is 37.0 Å². The van der Waals surface area contributed by atoms with Crippen LogP contribution in [0.3, 0.4) is 0 Å². The van der Waals surface area contributed by atoms with E-state index in [2.05, 4.69) is 15.5 Å². The number of hydrogen-bond donors (Lipinski definition) is 2. The van der Waals surface area contributed by atoms with Crippen LogP contribution in [0, 0.1) is 0 Å². The second-order valence-electron chi connectivity index (χ2n) is 8.62. The van der Waals surface area contributed by atoms with E-state index in [1.165, 1.54) is 6.33 Å². The minimum absolute atomic E-state index is 0.246. The highest BCUT2D eigenvalue weighted by molar-refractivity contribution is 5.85. The Labute approximate surface area is 202 Å². The van der Waals surface area contributed by atoms with E-state index in [-0.39, 0.29) is 5.95 Å². The third-order valence-corrected chi connectivity index (χ3v) is 6.39. The number of carbonyl (C=O) groups excluding carboxylic acids is 1. The summed E-state index contributed by atoms with van der Waals surface area (Å²) in [6, 6.07) is 24.9. The van der Waals surface area contributed by atoms with Gasteiger partial charge in [0.2, 0.25) is 5.95 Å². The number of aromatic nitrogens is 3. The zero-order valence-electron chi connectivity index (χ0n) is 19.1. The summed E-state index contributed by atoms with van der Waals surface area (Å²) in [6.45, 7) is 1.80. The predicted molar refractivity (Wildman–Crippen MR) is 130 cm³/mol. The molecule has 3 aromatic carbocycles. The van der Waals surface area contributed by atoms with Crippen LogP contribution in [0.15, 0.2) is 85.2 Å². The summed E-state index contributed by atoms with van der Waals surface area (Å²) in [6.07, 6.45) is 1.85. The molecule has 0 unspecified atom stereocenters. The van der Waals surface area contributed by atoms with E-state index in [9.17, 15) is 14.7 Å². The highest BCUT2D eigenvalue weighted by Crippen LogP contribution is 2.48. The second-order valence-corrected chi connectivity index (χ2v) is 8.62. The van der Waals surface area contributed by atoms with Crippen molar-refractivity contribution < 1.29 is 19.4 Å². The van der Waals surface area contributed by atoms with Gasteiger partial charge in [-0.25, -0.2) is 4.79 Å². The number of carboxylic acids is 1. The number of rotatable bonds is 7. The van der Waals surface area contributed by atoms with Crippen molar-refractivity contribution in [1.29, 1.82) is 0 Å². The number of carbonyl (C=O) groups is 2. The Morgan fingerprint density at radius 1 is 0.971 bits per heavy atom. The molecule has 1 aliphatic carbocycles. The largest absolute Gasteiger partial charge is 0.481 e. The molecule has 1 atom stereocenters. The molecule has 35 heavy (non-hydrogen) atoms. The number of hydrogen-bond acceptors (Lipinski definition) is 5. The quantitative estimate of drug-likeness (QED) is 0.378. The summed E-state index contributed by atoms with van der Waals surface area (Å²) in [5, 5.41) is 20.1. The zero-order valence-corrected chi connectivity index (χ0v) is 19.1. The normalized spacial score (nSPS) is 14.7. The van der Waals surface area contributed by atoms with Crippen LogP contribution in [0.25, 0.3) is 16.8 Å². The molecular formula is C27H24N4O4. The van der Waals surface area contributed by atoms with Gasteiger partial charge in [0.1, 0.15) is 12.4 Å². The van der Waals surface area contributed by atoms with Gasteiger partial charge in [-0.2, -0.15) is 0 Å². The smallest absolute Gasteiger partial charge is 0.414 e. The molecule has 5 rings (SSSR count). The SMILES string of the molecule is C[C@@H](OC(=O)Nc1nncn1-c1ccc(-c2ccc(C3(C(=O)O)CC3)cc2)cc1)c1ccccc1. The van der Waals surface area contributed by atoms with Gasteiger partial charge in [0.05, 0.1) is 11.1 Å². The Kier molecular flexibility index (Phi) is 5.78. The van der Waals surface area contributed by atoms with Crippen LogP contribution in [0.4, 0.5) is 10.7 Å². The van der Waals surface area contributed by atoms with Gasteiger partial charge in [0.25, 0.3) is 0 Å². The first-order chi connectivity index (χ1) is 17.0. The molecule has 2 N–H and O–H groups in total. The van der Waals surface area contributed by atoms with Gasteiger partial charge >= 0.3 is 12.1 Å². The van der Waals surface area contributed by atoms with Gasteiger partial charge in [-0.15, -0.1) is 10.2 Å². The van der Waals surface area contributed by atoms with Crippen molar-refractivity contribution in [3.8, 4) is 16.8 Å². The molecule has 0 saturated heterocycles. The number of aliphatic carboxylic acids is 1. The minimum Gasteiger partial charge on any atom is -0.481 e. The summed E-state index contributed by atoms with van der Waals surface area (Å²) in [5.41, 5.74) is 3.77. The maximum Gasteiger partial charge on any atom is 0.414 e. The Bertz CT molecular complexity index is 1340. The van der Waals surface area contributed by atoms with Crippen molar-refractivity contribution in [2.75, 3.05) is 5.32 Å². The lowest BCUT2D eigenvalue weighted by Gasteiger charge is -2.14. The summed E-state index contributed by atoms with van der Waals surface area (Å²) in [4.78, 5) is 24.0. The molecule has 176 valence electrons. The van der Waals surface area contributed by atoms with Crippen molar-refractivity contribution in [2.24, 2.45) is 0 Å². The molecule has 0 radical (unpaired) electrons. The molecule has 8 nitrogen and oxygen atoms in total. The first-order valence-corrected chi connectivity index (χ1v) is 11.3. The van der Waals surface area contributed by atoms with Crippen LogP contribution >= 0.6 is 0 Å². The predicted octanol–water partition coefficient (Wildman–Crippen LogP) is 5.36. The molecule has 1 heterocycles. The van der Waals surface area contributed by atoms with E-state index in [1.807, 2.05) is 78.9 Å². The van der Waals surface area contributed by atoms with Gasteiger partial charge in [0.15, 0.2) is 0 Å². The molecule has 0 bridgehead atoms. The fourth-order valence-corrected chi connectivity index (χ4v) is 4.13. The molecule has 0 aliphatic heterocycles. The van der Waals surface area contributed by atoms with Gasteiger partial charge in [0, 0.05) is 0 Å². The maximum absolute atomic E-state index is 12.4. The number of nitrogens with zero attached hydrogens (tertiary/aromatic N) is 3. The third kappa shape index (κ3) is 4.50. The average Bonchev–Trinajstić information content (AvgIpc) is 3.58. The standard InChI is InChI=1S/C27H24N4O4/c1-18(19-5-3-2-4-6-19)35-26(34)29-25-30-28-17-31(25)23-13-9-21(10-14-23)20-7-11-22(12-8-20)27(15-16-27)24(32)33/h2-14,17-18H,15-16H2,1H3,(H,32,33)(H,29,30,34)/t18-/m1/s1. The number of ether oxygens (including phenoxy) is 1. The van der Waals surface area contributed by atoms with Crippen molar-refractivity contribution >= 4 is 18.0 Å². The van der Waals surface area contributed by atoms with E-state index in [4.69, 9.17) is 4.74 Å². The van der Waals surface area contributed by atoms with Gasteiger partial charge in [-0.1, -0.05) is 66.7 Å². The number of carboxylic acid groups (broad SMARTS) is 1. The van der Waals surface area contributed by atoms with Crippen LogP contribution in [0.5, 0.6) is 0 Å². The van der Waals surface area contributed by atoms with Crippen LogP contribution < -0.4 is 5.32 Å². The molecule has 1 fully saturated rings. The third-order valence-electron chi connectivity index (χ3n) is 6.39. The summed E-state index contributed by atoms with van der Waals surface area (Å²) in [7, 11) is 0. The Balaban J connectivity index is 1.27. The molecule has 8 heteroatoms. The lowest BCUT2D eigenvalue weighted by Crippen LogP contribution is -2.19. The van der Waals surface area contributed by atoms with Crippen molar-refractivity contribution in [3.63, 3.8) is 0 Å². The maximum atomic E-state index is 12.4. The number of amides is 1. The monoisotopic (exact) mass is 468 g/mol. The van der Waals surface area contributed by atoms with Crippen molar-refractivity contribution in [2.45, 2.75) is 31.3 Å². The lowest BCUT2D eigenvalue weighted by molar-refractivity contribution is -0.140. The van der Waals surface area contributed by atoms with E-state index >= 15 is 0 Å². The fourth-order valence-electron chi connectivity index (χ4n) is 4.13. The summed E-state index contributed by atoms with van der Waals surface area (Å²) < 4.78 is 7.12. The second kappa shape index (κ2) is 9.06. The Hall–Kier alpha value is -4.46. The molecule has 0 spiro atoms. The minimum atomic E-state index is -0.758. The van der Waals surface area contributed by atoms with Crippen LogP contribution in [-0.4, -0.2) is 31.9 Å². The molecule has 1 saturated carbocycles. The molecule has 1 aromatic heterocycles. The number of benzene rings is 3. The van der Waals surface area contributed by atoms with E-state index < -0.39 is 23.6 Å². The highest BCUT2D eigenvalue weighted by Gasteiger charge is 2.51. The molecule has 1 amide bonds. The van der Waals surface area contributed by atoms with E-state index in [0.29, 0.717) is 12.8 Å². The van der Waals surface area contributed by atoms with Gasteiger partial charge < -0.3 is 9.84 Å². The summed E-state index contributed by atoms with van der Waals surface area (Å²) >= 11 is 0. The summed E-state index contributed by atoms with van der Waals surface area (Å²) in [5.74, 6) is -0.512. The van der Waals surface area contributed by atoms with Crippen molar-refractivity contribution in [3.05, 3.63) is 96.3 Å². The fraction of sp³-hybridized carbons (Fsp3) is 0.185. The van der Waals surface area contributed by atoms with Gasteiger partial charge in [-0.3, -0.25) is 14.7 Å². The Morgan fingerprint density at radius 3 is 2.20 bits per heavy atom. The van der Waals surface area contributed by atoms with E-state index in [1.54, 1.807) is 11.5 Å². The van der Waals surface area contributed by atoms with Crippen LogP contribution in [-0.2, 0) is 14.9 Å². The topological polar surface area (TPSA) is 106 Å². The first kappa shape index (κ1) is 22.3. The molecular weight excluding hydrogens is 444 g/mol. The zero-order chi connectivity index (χ0) is 24.4. The first-order valence-electron chi connectivity index (χ1n) is 11.3. The van der Waals surface area contributed by atoms with Gasteiger partial charge in [-0.05, 0) is 54.2 Å². The van der Waals surface area contributed by atoms with E-state index in [0.717, 1.165) is 27.9 Å². The Morgan fingerprint density at radius 2 is 1.60 bits per heavy atom. The molecule has 4 aromatic rings. The molecule has 1 aliphatic rings. The number of anilines is 1. The lowest BCUT2D eigenvalue weighted by atomic mass is 9.94. The van der Waals surface area contributed by atoms with Crippen molar-refractivity contribution in [1.82, 2.24) is 14.8 Å².